The van der Waals surface area contributed by atoms with E-state index in [0.717, 1.165) is 30.2 Å². The van der Waals surface area contributed by atoms with Gasteiger partial charge >= 0.3 is 0 Å². The number of methoxy groups -OCH3 is 1. The molecule has 0 saturated heterocycles. The van der Waals surface area contributed by atoms with Crippen LogP contribution in [0.1, 0.15) is 25.0 Å². The predicted molar refractivity (Wildman–Crippen MR) is 95.3 cm³/mol. The molecular weight excluding hydrogens is 310 g/mol. The Hall–Kier alpha value is -1.71. The average Bonchev–Trinajstić information content (AvgIpc) is 2.53. The number of hydrogen-bond donors (Lipinski definition) is 1. The Morgan fingerprint density at radius 3 is 2.57 bits per heavy atom. The van der Waals surface area contributed by atoms with Gasteiger partial charge in [-0.2, -0.15) is 0 Å². The zero-order chi connectivity index (χ0) is 16.7. The van der Waals surface area contributed by atoms with E-state index in [1.807, 2.05) is 36.4 Å². The van der Waals surface area contributed by atoms with Crippen LogP contribution in [0.2, 0.25) is 5.02 Å². The van der Waals surface area contributed by atoms with Gasteiger partial charge in [-0.05, 0) is 47.9 Å². The molecule has 0 aromatic heterocycles. The van der Waals surface area contributed by atoms with E-state index in [0.29, 0.717) is 17.5 Å². The highest BCUT2D eigenvalue weighted by Gasteiger charge is 2.07. The minimum Gasteiger partial charge on any atom is -0.493 e. The molecule has 0 spiro atoms. The fourth-order valence-corrected chi connectivity index (χ4v) is 2.45. The lowest BCUT2D eigenvalue weighted by atomic mass is 10.1. The maximum atomic E-state index is 5.99. The van der Waals surface area contributed by atoms with Crippen molar-refractivity contribution in [1.82, 2.24) is 5.32 Å². The molecule has 0 heterocycles. The van der Waals surface area contributed by atoms with Crippen molar-refractivity contribution < 1.29 is 9.47 Å². The Morgan fingerprint density at radius 1 is 1.04 bits per heavy atom. The summed E-state index contributed by atoms with van der Waals surface area (Å²) in [5.41, 5.74) is 2.21. The molecule has 124 valence electrons. The summed E-state index contributed by atoms with van der Waals surface area (Å²) in [6.45, 7) is 6.67. The molecule has 0 fully saturated rings. The fourth-order valence-electron chi connectivity index (χ4n) is 2.23. The van der Waals surface area contributed by atoms with Gasteiger partial charge in [-0.25, -0.2) is 0 Å². The summed E-state index contributed by atoms with van der Waals surface area (Å²) >= 11 is 5.99. The molecule has 3 nitrogen and oxygen atoms in total. The van der Waals surface area contributed by atoms with Crippen molar-refractivity contribution in [2.24, 2.45) is 5.92 Å². The quantitative estimate of drug-likeness (QED) is 0.761. The Bertz CT molecular complexity index is 629. The summed E-state index contributed by atoms with van der Waals surface area (Å²) in [7, 11) is 1.66. The Labute approximate surface area is 143 Å². The first-order valence-electron chi connectivity index (χ1n) is 7.83. The minimum atomic E-state index is 0.460. The first kappa shape index (κ1) is 17.6. The topological polar surface area (TPSA) is 30.5 Å². The van der Waals surface area contributed by atoms with E-state index in [2.05, 4.69) is 25.2 Å². The van der Waals surface area contributed by atoms with Gasteiger partial charge in [0.2, 0.25) is 0 Å². The molecule has 0 unspecified atom stereocenters. The van der Waals surface area contributed by atoms with Gasteiger partial charge in [-0.15, -0.1) is 0 Å². The first-order valence-corrected chi connectivity index (χ1v) is 8.21. The van der Waals surface area contributed by atoms with Crippen LogP contribution in [0.15, 0.2) is 42.5 Å². The molecule has 0 aliphatic carbocycles. The second-order valence-corrected chi connectivity index (χ2v) is 6.36. The number of hydrogen-bond acceptors (Lipinski definition) is 3. The van der Waals surface area contributed by atoms with Crippen LogP contribution in [-0.4, -0.2) is 13.7 Å². The molecule has 23 heavy (non-hydrogen) atoms. The summed E-state index contributed by atoms with van der Waals surface area (Å²) < 4.78 is 11.3. The summed E-state index contributed by atoms with van der Waals surface area (Å²) in [5.74, 6) is 2.12. The Morgan fingerprint density at radius 2 is 1.87 bits per heavy atom. The SMILES string of the molecule is COc1cc(CNCC(C)C)ccc1OCc1cccc(Cl)c1. The molecule has 0 amide bonds. The van der Waals surface area contributed by atoms with Gasteiger partial charge in [-0.3, -0.25) is 0 Å². The van der Waals surface area contributed by atoms with Crippen molar-refractivity contribution in [3.05, 3.63) is 58.6 Å². The molecule has 0 saturated carbocycles. The molecule has 2 rings (SSSR count). The summed E-state index contributed by atoms with van der Waals surface area (Å²) in [4.78, 5) is 0. The van der Waals surface area contributed by atoms with Crippen molar-refractivity contribution in [2.45, 2.75) is 27.0 Å². The van der Waals surface area contributed by atoms with Gasteiger partial charge in [0, 0.05) is 11.6 Å². The number of benzene rings is 2. The normalized spacial score (nSPS) is 10.8. The number of nitrogens with one attached hydrogen (secondary N) is 1. The number of halogens is 1. The van der Waals surface area contributed by atoms with Crippen molar-refractivity contribution in [2.75, 3.05) is 13.7 Å². The van der Waals surface area contributed by atoms with Gasteiger partial charge in [0.15, 0.2) is 11.5 Å². The molecule has 2 aromatic carbocycles. The van der Waals surface area contributed by atoms with Crippen LogP contribution >= 0.6 is 11.6 Å². The van der Waals surface area contributed by atoms with Crippen molar-refractivity contribution in [3.63, 3.8) is 0 Å². The smallest absolute Gasteiger partial charge is 0.161 e. The molecule has 0 radical (unpaired) electrons. The maximum absolute atomic E-state index is 5.99. The third-order valence-corrected chi connectivity index (χ3v) is 3.63. The zero-order valence-corrected chi connectivity index (χ0v) is 14.7. The first-order chi connectivity index (χ1) is 11.1. The third-order valence-electron chi connectivity index (χ3n) is 3.39. The number of rotatable bonds is 8. The fraction of sp³-hybridized carbons (Fsp3) is 0.368. The monoisotopic (exact) mass is 333 g/mol. The zero-order valence-electron chi connectivity index (χ0n) is 13.9. The van der Waals surface area contributed by atoms with Crippen LogP contribution in [0, 0.1) is 5.92 Å². The van der Waals surface area contributed by atoms with Crippen molar-refractivity contribution in [3.8, 4) is 11.5 Å². The highest BCUT2D eigenvalue weighted by Crippen LogP contribution is 2.29. The van der Waals surface area contributed by atoms with Gasteiger partial charge in [0.1, 0.15) is 6.61 Å². The van der Waals surface area contributed by atoms with Gasteiger partial charge in [0.25, 0.3) is 0 Å². The molecular formula is C19H24ClNO2. The van der Waals surface area contributed by atoms with Crippen LogP contribution in [0.3, 0.4) is 0 Å². The van der Waals surface area contributed by atoms with Crippen molar-refractivity contribution in [1.29, 1.82) is 0 Å². The lowest BCUT2D eigenvalue weighted by Crippen LogP contribution is -2.18. The van der Waals surface area contributed by atoms with Gasteiger partial charge in [-0.1, -0.05) is 43.6 Å². The molecule has 4 heteroatoms. The summed E-state index contributed by atoms with van der Waals surface area (Å²) in [5, 5.41) is 4.14. The summed E-state index contributed by atoms with van der Waals surface area (Å²) in [6, 6.07) is 13.7. The van der Waals surface area contributed by atoms with E-state index < -0.39 is 0 Å². The van der Waals surface area contributed by atoms with E-state index in [1.165, 1.54) is 5.56 Å². The minimum absolute atomic E-state index is 0.460. The van der Waals surface area contributed by atoms with Crippen LogP contribution in [-0.2, 0) is 13.2 Å². The molecule has 0 bridgehead atoms. The number of ether oxygens (including phenoxy) is 2. The molecule has 0 aliphatic rings. The molecule has 0 aliphatic heterocycles. The molecule has 2 aromatic rings. The highest BCUT2D eigenvalue weighted by atomic mass is 35.5. The van der Waals surface area contributed by atoms with Gasteiger partial charge in [0.05, 0.1) is 7.11 Å². The van der Waals surface area contributed by atoms with E-state index >= 15 is 0 Å². The van der Waals surface area contributed by atoms with E-state index in [4.69, 9.17) is 21.1 Å². The van der Waals surface area contributed by atoms with Crippen LogP contribution in [0.5, 0.6) is 11.5 Å². The van der Waals surface area contributed by atoms with Crippen molar-refractivity contribution >= 4 is 11.6 Å². The van der Waals surface area contributed by atoms with E-state index in [-0.39, 0.29) is 0 Å². The Kier molecular flexibility index (Phi) is 6.75. The predicted octanol–water partition coefficient (Wildman–Crippen LogP) is 4.67. The average molecular weight is 334 g/mol. The standard InChI is InChI=1S/C19H24ClNO2/c1-14(2)11-21-12-15-7-8-18(19(10-15)22-3)23-13-16-5-4-6-17(20)9-16/h4-10,14,21H,11-13H2,1-3H3. The van der Waals surface area contributed by atoms with Crippen LogP contribution in [0.4, 0.5) is 0 Å². The van der Waals surface area contributed by atoms with E-state index in [9.17, 15) is 0 Å². The molecule has 0 atom stereocenters. The molecule has 1 N–H and O–H groups in total. The van der Waals surface area contributed by atoms with Crippen LogP contribution < -0.4 is 14.8 Å². The largest absolute Gasteiger partial charge is 0.493 e. The Balaban J connectivity index is 1.98. The third kappa shape index (κ3) is 5.77. The maximum Gasteiger partial charge on any atom is 0.161 e. The van der Waals surface area contributed by atoms with Gasteiger partial charge < -0.3 is 14.8 Å². The summed E-state index contributed by atoms with van der Waals surface area (Å²) in [6.07, 6.45) is 0. The lowest BCUT2D eigenvalue weighted by molar-refractivity contribution is 0.284. The van der Waals surface area contributed by atoms with Crippen LogP contribution in [0.25, 0.3) is 0 Å². The lowest BCUT2D eigenvalue weighted by Gasteiger charge is -2.13. The second-order valence-electron chi connectivity index (χ2n) is 5.93. The second kappa shape index (κ2) is 8.80. The van der Waals surface area contributed by atoms with E-state index in [1.54, 1.807) is 7.11 Å². The highest BCUT2D eigenvalue weighted by molar-refractivity contribution is 6.30.